The van der Waals surface area contributed by atoms with Crippen molar-refractivity contribution in [3.05, 3.63) is 62.1 Å². The molecular formula is C18H22BrNO2S. The van der Waals surface area contributed by atoms with E-state index in [0.29, 0.717) is 4.90 Å². The maximum atomic E-state index is 12.8. The third-order valence-corrected chi connectivity index (χ3v) is 6.78. The van der Waals surface area contributed by atoms with Gasteiger partial charge in [-0.05, 0) is 80.1 Å². The Morgan fingerprint density at radius 1 is 0.826 bits per heavy atom. The van der Waals surface area contributed by atoms with Gasteiger partial charge in [0.2, 0.25) is 10.0 Å². The lowest BCUT2D eigenvalue weighted by Crippen LogP contribution is -2.25. The van der Waals surface area contributed by atoms with E-state index in [1.165, 1.54) is 0 Å². The van der Waals surface area contributed by atoms with E-state index in [-0.39, 0.29) is 6.54 Å². The first-order chi connectivity index (χ1) is 10.6. The summed E-state index contributed by atoms with van der Waals surface area (Å²) in [6.45, 7) is 10.0. The van der Waals surface area contributed by atoms with Crippen LogP contribution in [0.3, 0.4) is 0 Å². The average Bonchev–Trinajstić information content (AvgIpc) is 2.50. The predicted octanol–water partition coefficient (Wildman–Crippen LogP) is 4.47. The summed E-state index contributed by atoms with van der Waals surface area (Å²) in [4.78, 5) is 0.412. The standard InChI is InChI=1S/C18H22BrNO2S/c1-11-12(2)14(4)18(15(5)13(11)3)23(21,22)20-10-16-6-8-17(19)9-7-16/h6-9,20H,10H2,1-5H3. The molecule has 23 heavy (non-hydrogen) atoms. The number of hydrogen-bond acceptors (Lipinski definition) is 2. The van der Waals surface area contributed by atoms with Crippen molar-refractivity contribution in [3.8, 4) is 0 Å². The van der Waals surface area contributed by atoms with Crippen LogP contribution in [-0.2, 0) is 16.6 Å². The van der Waals surface area contributed by atoms with E-state index in [1.807, 2.05) is 58.9 Å². The molecule has 0 fully saturated rings. The number of benzene rings is 2. The molecule has 0 unspecified atom stereocenters. The van der Waals surface area contributed by atoms with E-state index in [2.05, 4.69) is 20.7 Å². The third-order valence-electron chi connectivity index (χ3n) is 4.58. The summed E-state index contributed by atoms with van der Waals surface area (Å²) in [5, 5.41) is 0. The molecule has 5 heteroatoms. The van der Waals surface area contributed by atoms with Crippen molar-refractivity contribution in [3.63, 3.8) is 0 Å². The van der Waals surface area contributed by atoms with Crippen molar-refractivity contribution >= 4 is 26.0 Å². The van der Waals surface area contributed by atoms with E-state index < -0.39 is 10.0 Å². The van der Waals surface area contributed by atoms with Gasteiger partial charge in [-0.1, -0.05) is 28.1 Å². The largest absolute Gasteiger partial charge is 0.241 e. The van der Waals surface area contributed by atoms with Crippen LogP contribution in [0.25, 0.3) is 0 Å². The molecule has 124 valence electrons. The van der Waals surface area contributed by atoms with Gasteiger partial charge in [-0.15, -0.1) is 0 Å². The minimum absolute atomic E-state index is 0.278. The fraction of sp³-hybridized carbons (Fsp3) is 0.333. The molecule has 0 aromatic heterocycles. The maximum Gasteiger partial charge on any atom is 0.241 e. The quantitative estimate of drug-likeness (QED) is 0.829. The predicted molar refractivity (Wildman–Crippen MR) is 98.3 cm³/mol. The van der Waals surface area contributed by atoms with Crippen molar-refractivity contribution < 1.29 is 8.42 Å². The summed E-state index contributed by atoms with van der Waals surface area (Å²) in [5.41, 5.74) is 5.82. The van der Waals surface area contributed by atoms with Crippen molar-refractivity contribution in [1.29, 1.82) is 0 Å². The van der Waals surface area contributed by atoms with Gasteiger partial charge in [0.25, 0.3) is 0 Å². The Labute approximate surface area is 147 Å². The van der Waals surface area contributed by atoms with E-state index in [1.54, 1.807) is 0 Å². The molecule has 1 N–H and O–H groups in total. The highest BCUT2D eigenvalue weighted by atomic mass is 79.9. The van der Waals surface area contributed by atoms with Gasteiger partial charge in [0, 0.05) is 11.0 Å². The molecule has 0 bridgehead atoms. The monoisotopic (exact) mass is 395 g/mol. The van der Waals surface area contributed by atoms with E-state index >= 15 is 0 Å². The van der Waals surface area contributed by atoms with Crippen molar-refractivity contribution in [2.45, 2.75) is 46.1 Å². The van der Waals surface area contributed by atoms with Crippen LogP contribution in [0.4, 0.5) is 0 Å². The first kappa shape index (κ1) is 18.2. The molecule has 0 amide bonds. The highest BCUT2D eigenvalue weighted by Crippen LogP contribution is 2.29. The van der Waals surface area contributed by atoms with E-state index in [4.69, 9.17) is 0 Å². The molecule has 2 aromatic rings. The van der Waals surface area contributed by atoms with Crippen LogP contribution in [0.2, 0.25) is 0 Å². The van der Waals surface area contributed by atoms with Crippen LogP contribution in [0.15, 0.2) is 33.6 Å². The molecule has 0 heterocycles. The van der Waals surface area contributed by atoms with Crippen LogP contribution in [0.1, 0.15) is 33.4 Å². The average molecular weight is 396 g/mol. The molecule has 0 saturated carbocycles. The summed E-state index contributed by atoms with van der Waals surface area (Å²) in [6.07, 6.45) is 0. The van der Waals surface area contributed by atoms with Crippen LogP contribution >= 0.6 is 15.9 Å². The normalized spacial score (nSPS) is 11.7. The number of rotatable bonds is 4. The molecule has 3 nitrogen and oxygen atoms in total. The van der Waals surface area contributed by atoms with Gasteiger partial charge in [-0.2, -0.15) is 0 Å². The lowest BCUT2D eigenvalue weighted by molar-refractivity contribution is 0.579. The highest BCUT2D eigenvalue weighted by Gasteiger charge is 2.23. The van der Waals surface area contributed by atoms with E-state index in [9.17, 15) is 8.42 Å². The molecular weight excluding hydrogens is 374 g/mol. The fourth-order valence-corrected chi connectivity index (χ4v) is 4.60. The Hall–Kier alpha value is -1.17. The second-order valence-corrected chi connectivity index (χ2v) is 8.52. The zero-order valence-electron chi connectivity index (χ0n) is 14.1. The molecule has 2 rings (SSSR count). The number of sulfonamides is 1. The summed E-state index contributed by atoms with van der Waals surface area (Å²) in [6, 6.07) is 7.61. The third kappa shape index (κ3) is 3.67. The summed E-state index contributed by atoms with van der Waals surface area (Å²) in [7, 11) is -3.55. The first-order valence-corrected chi connectivity index (χ1v) is 9.74. The van der Waals surface area contributed by atoms with Crippen LogP contribution < -0.4 is 4.72 Å². The number of hydrogen-bond donors (Lipinski definition) is 1. The molecule has 0 aliphatic rings. The molecule has 0 radical (unpaired) electrons. The topological polar surface area (TPSA) is 46.2 Å². The Morgan fingerprint density at radius 3 is 1.74 bits per heavy atom. The maximum absolute atomic E-state index is 12.8. The van der Waals surface area contributed by atoms with Crippen LogP contribution in [0.5, 0.6) is 0 Å². The summed E-state index contributed by atoms with van der Waals surface area (Å²) < 4.78 is 29.3. The number of nitrogens with one attached hydrogen (secondary N) is 1. The lowest BCUT2D eigenvalue weighted by atomic mass is 9.95. The van der Waals surface area contributed by atoms with Gasteiger partial charge in [-0.25, -0.2) is 13.1 Å². The van der Waals surface area contributed by atoms with Gasteiger partial charge in [0.1, 0.15) is 0 Å². The zero-order chi connectivity index (χ0) is 17.4. The molecule has 0 atom stereocenters. The van der Waals surface area contributed by atoms with E-state index in [0.717, 1.165) is 37.9 Å². The second-order valence-electron chi connectivity index (χ2n) is 5.91. The molecule has 0 saturated heterocycles. The summed E-state index contributed by atoms with van der Waals surface area (Å²) in [5.74, 6) is 0. The second kappa shape index (κ2) is 6.75. The minimum atomic E-state index is -3.55. The zero-order valence-corrected chi connectivity index (χ0v) is 16.5. The van der Waals surface area contributed by atoms with Gasteiger partial charge in [-0.3, -0.25) is 0 Å². The van der Waals surface area contributed by atoms with Gasteiger partial charge < -0.3 is 0 Å². The highest BCUT2D eigenvalue weighted by molar-refractivity contribution is 9.10. The Bertz CT molecular complexity index is 811. The fourth-order valence-electron chi connectivity index (χ4n) is 2.72. The van der Waals surface area contributed by atoms with Crippen molar-refractivity contribution in [2.75, 3.05) is 0 Å². The SMILES string of the molecule is Cc1c(C)c(C)c(S(=O)(=O)NCc2ccc(Br)cc2)c(C)c1C. The minimum Gasteiger partial charge on any atom is -0.207 e. The first-order valence-electron chi connectivity index (χ1n) is 7.46. The Kier molecular flexibility index (Phi) is 5.33. The molecule has 0 spiro atoms. The number of halogens is 1. The van der Waals surface area contributed by atoms with Crippen LogP contribution in [-0.4, -0.2) is 8.42 Å². The van der Waals surface area contributed by atoms with Crippen molar-refractivity contribution in [2.24, 2.45) is 0 Å². The summed E-state index contributed by atoms with van der Waals surface area (Å²) >= 11 is 3.38. The van der Waals surface area contributed by atoms with Gasteiger partial charge in [0.05, 0.1) is 4.90 Å². The molecule has 0 aliphatic carbocycles. The van der Waals surface area contributed by atoms with Gasteiger partial charge >= 0.3 is 0 Å². The Balaban J connectivity index is 2.39. The van der Waals surface area contributed by atoms with Gasteiger partial charge in [0.15, 0.2) is 0 Å². The van der Waals surface area contributed by atoms with Crippen molar-refractivity contribution in [1.82, 2.24) is 4.72 Å². The smallest absolute Gasteiger partial charge is 0.207 e. The van der Waals surface area contributed by atoms with Crippen LogP contribution in [0, 0.1) is 34.6 Å². The Morgan fingerprint density at radius 2 is 1.26 bits per heavy atom. The molecule has 2 aromatic carbocycles. The lowest BCUT2D eigenvalue weighted by Gasteiger charge is -2.19. The molecule has 0 aliphatic heterocycles.